The number of carbonyl (C=O) groups excluding carboxylic acids is 1. The zero-order valence-corrected chi connectivity index (χ0v) is 9.94. The highest BCUT2D eigenvalue weighted by Gasteiger charge is 2.24. The van der Waals surface area contributed by atoms with Crippen LogP contribution in [-0.4, -0.2) is 26.1 Å². The highest BCUT2D eigenvalue weighted by Crippen LogP contribution is 2.25. The van der Waals surface area contributed by atoms with E-state index in [2.05, 4.69) is 0 Å². The number of benzene rings is 1. The number of carbonyl (C=O) groups is 1. The molecule has 0 aromatic heterocycles. The number of ketones is 1. The number of hydrogen-bond donors (Lipinski definition) is 1. The zero-order chi connectivity index (χ0) is 12.3. The van der Waals surface area contributed by atoms with E-state index in [1.54, 1.807) is 25.3 Å². The van der Waals surface area contributed by atoms with Crippen molar-refractivity contribution in [3.05, 3.63) is 23.8 Å². The standard InChI is InChI=1S/C13H17NO3/c1-16-10-4-5-11(12(14)7-10)13(15)9-3-2-6-17-8-9/h4-5,7,9H,2-3,6,8,14H2,1H3. The van der Waals surface area contributed by atoms with Gasteiger partial charge in [0.05, 0.1) is 13.7 Å². The van der Waals surface area contributed by atoms with E-state index in [9.17, 15) is 4.79 Å². The topological polar surface area (TPSA) is 61.5 Å². The molecule has 0 saturated carbocycles. The number of hydrogen-bond acceptors (Lipinski definition) is 4. The third-order valence-corrected chi connectivity index (χ3v) is 3.06. The van der Waals surface area contributed by atoms with Crippen LogP contribution in [0.4, 0.5) is 5.69 Å². The molecular weight excluding hydrogens is 218 g/mol. The molecule has 1 aliphatic heterocycles. The van der Waals surface area contributed by atoms with Gasteiger partial charge in [-0.3, -0.25) is 4.79 Å². The summed E-state index contributed by atoms with van der Waals surface area (Å²) in [5.74, 6) is 0.684. The summed E-state index contributed by atoms with van der Waals surface area (Å²) in [4.78, 5) is 12.2. The van der Waals surface area contributed by atoms with Crippen LogP contribution in [0.3, 0.4) is 0 Å². The van der Waals surface area contributed by atoms with Gasteiger partial charge in [-0.25, -0.2) is 0 Å². The second-order valence-corrected chi connectivity index (χ2v) is 4.23. The molecule has 1 heterocycles. The van der Waals surface area contributed by atoms with E-state index in [4.69, 9.17) is 15.2 Å². The molecule has 1 atom stereocenters. The molecule has 1 aromatic rings. The normalized spacial score (nSPS) is 19.9. The zero-order valence-electron chi connectivity index (χ0n) is 9.94. The smallest absolute Gasteiger partial charge is 0.170 e. The number of nitrogen functional groups attached to an aromatic ring is 1. The molecule has 0 aliphatic carbocycles. The maximum absolute atomic E-state index is 12.2. The molecule has 0 radical (unpaired) electrons. The Morgan fingerprint density at radius 2 is 2.35 bits per heavy atom. The Balaban J connectivity index is 2.18. The van der Waals surface area contributed by atoms with Crippen molar-refractivity contribution in [3.63, 3.8) is 0 Å². The first-order valence-electron chi connectivity index (χ1n) is 5.78. The highest BCUT2D eigenvalue weighted by atomic mass is 16.5. The largest absolute Gasteiger partial charge is 0.497 e. The van der Waals surface area contributed by atoms with Crippen LogP contribution in [-0.2, 0) is 4.74 Å². The van der Waals surface area contributed by atoms with E-state index in [0.717, 1.165) is 19.4 Å². The average Bonchev–Trinajstić information content (AvgIpc) is 2.39. The highest BCUT2D eigenvalue weighted by molar-refractivity contribution is 6.02. The molecule has 2 rings (SSSR count). The first-order valence-corrected chi connectivity index (χ1v) is 5.78. The van der Waals surface area contributed by atoms with Crippen LogP contribution in [0.15, 0.2) is 18.2 Å². The van der Waals surface area contributed by atoms with Gasteiger partial charge in [0.15, 0.2) is 5.78 Å². The molecule has 92 valence electrons. The van der Waals surface area contributed by atoms with Crippen molar-refractivity contribution in [1.29, 1.82) is 0 Å². The lowest BCUT2D eigenvalue weighted by molar-refractivity contribution is 0.0462. The Bertz CT molecular complexity index is 411. The molecule has 17 heavy (non-hydrogen) atoms. The third-order valence-electron chi connectivity index (χ3n) is 3.06. The number of rotatable bonds is 3. The predicted octanol–water partition coefficient (Wildman–Crippen LogP) is 1.89. The molecule has 2 N–H and O–H groups in total. The van der Waals surface area contributed by atoms with Crippen LogP contribution in [0, 0.1) is 5.92 Å². The van der Waals surface area contributed by atoms with Gasteiger partial charge in [-0.1, -0.05) is 0 Å². The van der Waals surface area contributed by atoms with Crippen molar-refractivity contribution in [2.24, 2.45) is 5.92 Å². The van der Waals surface area contributed by atoms with Crippen molar-refractivity contribution >= 4 is 11.5 Å². The summed E-state index contributed by atoms with van der Waals surface area (Å²) in [5.41, 5.74) is 6.91. The van der Waals surface area contributed by atoms with Gasteiger partial charge in [0.2, 0.25) is 0 Å². The second-order valence-electron chi connectivity index (χ2n) is 4.23. The Morgan fingerprint density at radius 1 is 1.53 bits per heavy atom. The fraction of sp³-hybridized carbons (Fsp3) is 0.462. The molecule has 0 spiro atoms. The molecule has 1 saturated heterocycles. The van der Waals surface area contributed by atoms with Gasteiger partial charge in [0, 0.05) is 29.8 Å². The molecule has 4 nitrogen and oxygen atoms in total. The van der Waals surface area contributed by atoms with Gasteiger partial charge in [0.1, 0.15) is 5.75 Å². The maximum atomic E-state index is 12.2. The van der Waals surface area contributed by atoms with Crippen LogP contribution < -0.4 is 10.5 Å². The second kappa shape index (κ2) is 5.19. The molecule has 0 bridgehead atoms. The van der Waals surface area contributed by atoms with E-state index in [1.165, 1.54) is 0 Å². The first-order chi connectivity index (χ1) is 8.22. The van der Waals surface area contributed by atoms with Crippen molar-refractivity contribution in [2.45, 2.75) is 12.8 Å². The maximum Gasteiger partial charge on any atom is 0.170 e. The van der Waals surface area contributed by atoms with Gasteiger partial charge in [-0.05, 0) is 25.0 Å². The van der Waals surface area contributed by atoms with Crippen LogP contribution in [0.1, 0.15) is 23.2 Å². The predicted molar refractivity (Wildman–Crippen MR) is 65.3 cm³/mol. The molecule has 1 fully saturated rings. The number of Topliss-reactive ketones (excluding diaryl/α,β-unsaturated/α-hetero) is 1. The molecule has 1 unspecified atom stereocenters. The molecule has 1 aliphatic rings. The van der Waals surface area contributed by atoms with Gasteiger partial charge >= 0.3 is 0 Å². The number of anilines is 1. The van der Waals surface area contributed by atoms with Gasteiger partial charge in [-0.2, -0.15) is 0 Å². The Morgan fingerprint density at radius 3 is 2.94 bits per heavy atom. The number of nitrogens with two attached hydrogens (primary N) is 1. The Kier molecular flexibility index (Phi) is 3.64. The van der Waals surface area contributed by atoms with E-state index >= 15 is 0 Å². The summed E-state index contributed by atoms with van der Waals surface area (Å²) >= 11 is 0. The summed E-state index contributed by atoms with van der Waals surface area (Å²) in [5, 5.41) is 0. The van der Waals surface area contributed by atoms with Crippen LogP contribution >= 0.6 is 0 Å². The van der Waals surface area contributed by atoms with Crippen LogP contribution in [0.5, 0.6) is 5.75 Å². The summed E-state index contributed by atoms with van der Waals surface area (Å²) in [6, 6.07) is 5.16. The third kappa shape index (κ3) is 2.58. The molecule has 1 aromatic carbocycles. The first kappa shape index (κ1) is 11.9. The summed E-state index contributed by atoms with van der Waals surface area (Å²) in [7, 11) is 1.57. The van der Waals surface area contributed by atoms with Gasteiger partial charge in [0.25, 0.3) is 0 Å². The van der Waals surface area contributed by atoms with Crippen molar-refractivity contribution in [3.8, 4) is 5.75 Å². The fourth-order valence-electron chi connectivity index (χ4n) is 2.06. The van der Waals surface area contributed by atoms with E-state index in [1.807, 2.05) is 0 Å². The van der Waals surface area contributed by atoms with Crippen molar-refractivity contribution in [1.82, 2.24) is 0 Å². The fourth-order valence-corrected chi connectivity index (χ4v) is 2.06. The number of ether oxygens (including phenoxy) is 2. The Hall–Kier alpha value is -1.55. The van der Waals surface area contributed by atoms with E-state index in [0.29, 0.717) is 23.6 Å². The lowest BCUT2D eigenvalue weighted by Gasteiger charge is -2.21. The molecule has 0 amide bonds. The summed E-state index contributed by atoms with van der Waals surface area (Å²) in [6.07, 6.45) is 1.82. The number of methoxy groups -OCH3 is 1. The van der Waals surface area contributed by atoms with Crippen LogP contribution in [0.25, 0.3) is 0 Å². The Labute approximate surface area is 101 Å². The van der Waals surface area contributed by atoms with Crippen molar-refractivity contribution < 1.29 is 14.3 Å². The monoisotopic (exact) mass is 235 g/mol. The SMILES string of the molecule is COc1ccc(C(=O)C2CCCOC2)c(N)c1. The molecular formula is C13H17NO3. The van der Waals surface area contributed by atoms with Gasteiger partial charge in [-0.15, -0.1) is 0 Å². The van der Waals surface area contributed by atoms with E-state index in [-0.39, 0.29) is 11.7 Å². The summed E-state index contributed by atoms with van der Waals surface area (Å²) < 4.78 is 10.4. The van der Waals surface area contributed by atoms with Crippen LogP contribution in [0.2, 0.25) is 0 Å². The molecule has 4 heteroatoms. The van der Waals surface area contributed by atoms with E-state index < -0.39 is 0 Å². The van der Waals surface area contributed by atoms with Crippen molar-refractivity contribution in [2.75, 3.05) is 26.1 Å². The summed E-state index contributed by atoms with van der Waals surface area (Å²) in [6.45, 7) is 1.26. The quantitative estimate of drug-likeness (QED) is 0.642. The lowest BCUT2D eigenvalue weighted by atomic mass is 9.92. The minimum atomic E-state index is -0.0561. The average molecular weight is 235 g/mol. The lowest BCUT2D eigenvalue weighted by Crippen LogP contribution is -2.25. The van der Waals surface area contributed by atoms with Gasteiger partial charge < -0.3 is 15.2 Å². The minimum Gasteiger partial charge on any atom is -0.497 e. The minimum absolute atomic E-state index is 0.0561.